The van der Waals surface area contributed by atoms with Gasteiger partial charge in [-0.3, -0.25) is 9.59 Å². The molecule has 1 N–H and O–H groups in total. The molecule has 1 aliphatic rings. The van der Waals surface area contributed by atoms with E-state index in [0.717, 1.165) is 5.56 Å². The standard InChI is InChI=1S/C21H18N2O4S/c1-23(11-14-6-7-18-19(10-14)27-13-26-18)21(25)16-4-2-3-5-17(16)22-20(24)15-8-9-28-12-15/h2-10,12H,11,13H2,1H3,(H,22,24). The van der Waals surface area contributed by atoms with Crippen LogP contribution in [0, 0.1) is 0 Å². The molecule has 2 heterocycles. The van der Waals surface area contributed by atoms with E-state index in [1.807, 2.05) is 23.6 Å². The normalized spacial score (nSPS) is 11.9. The van der Waals surface area contributed by atoms with Gasteiger partial charge in [0.2, 0.25) is 6.79 Å². The average Bonchev–Trinajstić information content (AvgIpc) is 3.39. The van der Waals surface area contributed by atoms with Crippen molar-refractivity contribution in [2.24, 2.45) is 0 Å². The van der Waals surface area contributed by atoms with Crippen LogP contribution in [0.15, 0.2) is 59.3 Å². The van der Waals surface area contributed by atoms with E-state index < -0.39 is 0 Å². The van der Waals surface area contributed by atoms with E-state index in [1.165, 1.54) is 11.3 Å². The number of nitrogens with one attached hydrogen (secondary N) is 1. The number of rotatable bonds is 5. The van der Waals surface area contributed by atoms with Crippen LogP contribution in [-0.4, -0.2) is 30.6 Å². The van der Waals surface area contributed by atoms with Crippen molar-refractivity contribution in [3.63, 3.8) is 0 Å². The maximum Gasteiger partial charge on any atom is 0.256 e. The van der Waals surface area contributed by atoms with Gasteiger partial charge in [-0.2, -0.15) is 11.3 Å². The lowest BCUT2D eigenvalue weighted by molar-refractivity contribution is 0.0786. The number of nitrogens with zero attached hydrogens (tertiary/aromatic N) is 1. The lowest BCUT2D eigenvalue weighted by atomic mass is 10.1. The van der Waals surface area contributed by atoms with Crippen LogP contribution in [0.4, 0.5) is 5.69 Å². The van der Waals surface area contributed by atoms with Gasteiger partial charge in [-0.25, -0.2) is 0 Å². The summed E-state index contributed by atoms with van der Waals surface area (Å²) in [5, 5.41) is 6.44. The molecule has 1 aromatic heterocycles. The highest BCUT2D eigenvalue weighted by molar-refractivity contribution is 7.08. The van der Waals surface area contributed by atoms with Crippen molar-refractivity contribution in [2.45, 2.75) is 6.54 Å². The van der Waals surface area contributed by atoms with Crippen LogP contribution in [0.25, 0.3) is 0 Å². The SMILES string of the molecule is CN(Cc1ccc2c(c1)OCO2)C(=O)c1ccccc1NC(=O)c1ccsc1. The van der Waals surface area contributed by atoms with E-state index in [0.29, 0.717) is 34.9 Å². The molecule has 0 atom stereocenters. The molecular weight excluding hydrogens is 376 g/mol. The molecule has 3 aromatic rings. The lowest BCUT2D eigenvalue weighted by Gasteiger charge is -2.19. The summed E-state index contributed by atoms with van der Waals surface area (Å²) in [6, 6.07) is 14.4. The topological polar surface area (TPSA) is 67.9 Å². The van der Waals surface area contributed by atoms with Gasteiger partial charge in [0.05, 0.1) is 16.8 Å². The zero-order valence-electron chi connectivity index (χ0n) is 15.2. The number of benzene rings is 2. The molecule has 0 saturated carbocycles. The summed E-state index contributed by atoms with van der Waals surface area (Å²) in [4.78, 5) is 27.0. The molecule has 142 valence electrons. The Morgan fingerprint density at radius 2 is 1.93 bits per heavy atom. The highest BCUT2D eigenvalue weighted by Gasteiger charge is 2.19. The molecule has 0 unspecified atom stereocenters. The van der Waals surface area contributed by atoms with Gasteiger partial charge >= 0.3 is 0 Å². The molecule has 0 aliphatic carbocycles. The Kier molecular flexibility index (Phi) is 4.99. The highest BCUT2D eigenvalue weighted by atomic mass is 32.1. The fourth-order valence-electron chi connectivity index (χ4n) is 2.96. The molecule has 4 rings (SSSR count). The fourth-order valence-corrected chi connectivity index (χ4v) is 3.59. The van der Waals surface area contributed by atoms with E-state index in [2.05, 4.69) is 5.32 Å². The maximum absolute atomic E-state index is 13.0. The first-order chi connectivity index (χ1) is 13.6. The molecule has 0 radical (unpaired) electrons. The van der Waals surface area contributed by atoms with Gasteiger partial charge in [-0.05, 0) is 41.3 Å². The van der Waals surface area contributed by atoms with Gasteiger partial charge in [0.25, 0.3) is 11.8 Å². The first-order valence-electron chi connectivity index (χ1n) is 8.68. The van der Waals surface area contributed by atoms with Crippen molar-refractivity contribution in [1.29, 1.82) is 0 Å². The first kappa shape index (κ1) is 18.1. The number of hydrogen-bond acceptors (Lipinski definition) is 5. The van der Waals surface area contributed by atoms with Crippen molar-refractivity contribution < 1.29 is 19.1 Å². The van der Waals surface area contributed by atoms with Crippen LogP contribution in [-0.2, 0) is 6.54 Å². The predicted octanol–water partition coefficient (Wildman–Crippen LogP) is 4.00. The van der Waals surface area contributed by atoms with Gasteiger partial charge < -0.3 is 19.7 Å². The molecule has 2 aromatic carbocycles. The quantitative estimate of drug-likeness (QED) is 0.710. The van der Waals surface area contributed by atoms with Crippen LogP contribution in [0.2, 0.25) is 0 Å². The Labute approximate surface area is 166 Å². The summed E-state index contributed by atoms with van der Waals surface area (Å²) in [5.41, 5.74) is 2.43. The number of ether oxygens (including phenoxy) is 2. The summed E-state index contributed by atoms with van der Waals surface area (Å²) in [6.45, 7) is 0.618. The van der Waals surface area contributed by atoms with Crippen LogP contribution < -0.4 is 14.8 Å². The third kappa shape index (κ3) is 3.70. The second kappa shape index (κ2) is 7.74. The maximum atomic E-state index is 13.0. The average molecular weight is 394 g/mol. The van der Waals surface area contributed by atoms with Gasteiger partial charge in [0.1, 0.15) is 0 Å². The van der Waals surface area contributed by atoms with Gasteiger partial charge in [0.15, 0.2) is 11.5 Å². The summed E-state index contributed by atoms with van der Waals surface area (Å²) < 4.78 is 10.7. The Hall–Kier alpha value is -3.32. The second-order valence-electron chi connectivity index (χ2n) is 6.36. The minimum atomic E-state index is -0.236. The van der Waals surface area contributed by atoms with Crippen molar-refractivity contribution in [3.8, 4) is 11.5 Å². The van der Waals surface area contributed by atoms with E-state index in [9.17, 15) is 9.59 Å². The molecule has 0 bridgehead atoms. The number of thiophene rings is 1. The Bertz CT molecular complexity index is 1020. The van der Waals surface area contributed by atoms with Crippen molar-refractivity contribution in [1.82, 2.24) is 4.90 Å². The van der Waals surface area contributed by atoms with Crippen LogP contribution >= 0.6 is 11.3 Å². The monoisotopic (exact) mass is 394 g/mol. The number of amides is 2. The minimum Gasteiger partial charge on any atom is -0.454 e. The summed E-state index contributed by atoms with van der Waals surface area (Å²) in [7, 11) is 1.73. The van der Waals surface area contributed by atoms with E-state index in [-0.39, 0.29) is 18.6 Å². The number of anilines is 1. The number of fused-ring (bicyclic) bond motifs is 1. The Morgan fingerprint density at radius 1 is 1.11 bits per heavy atom. The molecule has 7 heteroatoms. The first-order valence-corrected chi connectivity index (χ1v) is 9.62. The molecule has 6 nitrogen and oxygen atoms in total. The molecule has 1 aliphatic heterocycles. The Morgan fingerprint density at radius 3 is 2.75 bits per heavy atom. The molecule has 0 fully saturated rings. The van der Waals surface area contributed by atoms with Crippen LogP contribution in [0.3, 0.4) is 0 Å². The number of carbonyl (C=O) groups excluding carboxylic acids is 2. The summed E-state index contributed by atoms with van der Waals surface area (Å²) >= 11 is 1.45. The number of carbonyl (C=O) groups is 2. The molecule has 0 saturated heterocycles. The molecular formula is C21H18N2O4S. The van der Waals surface area contributed by atoms with Crippen molar-refractivity contribution in [3.05, 3.63) is 76.0 Å². The fraction of sp³-hybridized carbons (Fsp3) is 0.143. The van der Waals surface area contributed by atoms with Gasteiger partial charge in [0, 0.05) is 19.0 Å². The van der Waals surface area contributed by atoms with E-state index >= 15 is 0 Å². The highest BCUT2D eigenvalue weighted by Crippen LogP contribution is 2.33. The number of para-hydroxylation sites is 1. The zero-order chi connectivity index (χ0) is 19.5. The second-order valence-corrected chi connectivity index (χ2v) is 7.14. The summed E-state index contributed by atoms with van der Waals surface area (Å²) in [6.07, 6.45) is 0. The van der Waals surface area contributed by atoms with Crippen molar-refractivity contribution in [2.75, 3.05) is 19.2 Å². The van der Waals surface area contributed by atoms with Crippen LogP contribution in [0.1, 0.15) is 26.3 Å². The third-order valence-electron chi connectivity index (χ3n) is 4.39. The zero-order valence-corrected chi connectivity index (χ0v) is 16.0. The molecule has 2 amide bonds. The minimum absolute atomic E-state index is 0.182. The molecule has 28 heavy (non-hydrogen) atoms. The van der Waals surface area contributed by atoms with E-state index in [1.54, 1.807) is 47.7 Å². The van der Waals surface area contributed by atoms with Gasteiger partial charge in [-0.15, -0.1) is 0 Å². The summed E-state index contributed by atoms with van der Waals surface area (Å²) in [5.74, 6) is 0.972. The Balaban J connectivity index is 1.50. The predicted molar refractivity (Wildman–Crippen MR) is 107 cm³/mol. The molecule has 0 spiro atoms. The van der Waals surface area contributed by atoms with Crippen LogP contribution in [0.5, 0.6) is 11.5 Å². The number of hydrogen-bond donors (Lipinski definition) is 1. The third-order valence-corrected chi connectivity index (χ3v) is 5.08. The smallest absolute Gasteiger partial charge is 0.256 e. The largest absolute Gasteiger partial charge is 0.454 e. The van der Waals surface area contributed by atoms with E-state index in [4.69, 9.17) is 9.47 Å². The van der Waals surface area contributed by atoms with Gasteiger partial charge in [-0.1, -0.05) is 18.2 Å². The lowest BCUT2D eigenvalue weighted by Crippen LogP contribution is -2.27. The van der Waals surface area contributed by atoms with Crippen molar-refractivity contribution >= 4 is 28.8 Å².